The topological polar surface area (TPSA) is 88.1 Å². The molecule has 0 bridgehead atoms. The van der Waals surface area contributed by atoms with Crippen LogP contribution in [0.4, 0.5) is 4.79 Å². The number of carboxylic acid groups (broad SMARTS) is 1. The maximum absolute atomic E-state index is 12.3. The van der Waals surface area contributed by atoms with Gasteiger partial charge in [-0.25, -0.2) is 4.79 Å². The fraction of sp³-hybridized carbons (Fsp3) is 0.857. The summed E-state index contributed by atoms with van der Waals surface area (Å²) in [5.74, 6) is -1.56. The van der Waals surface area contributed by atoms with Gasteiger partial charge in [-0.15, -0.1) is 0 Å². The van der Waals surface area contributed by atoms with Crippen LogP contribution in [-0.2, 0) is 14.3 Å². The minimum atomic E-state index is -0.913. The van der Waals surface area contributed by atoms with Crippen molar-refractivity contribution in [3.63, 3.8) is 0 Å². The van der Waals surface area contributed by atoms with Crippen LogP contribution >= 0.6 is 0 Å². The first-order chi connectivity index (χ1) is 10.1. The number of aliphatic carboxylic acids is 1. The molecule has 21 heavy (non-hydrogen) atoms. The molecular formula is C14H24N2O5. The third-order valence-electron chi connectivity index (χ3n) is 4.19. The Hall–Kier alpha value is -1.34. The number of carboxylic acids is 1. The molecule has 2 unspecified atom stereocenters. The van der Waals surface area contributed by atoms with Crippen LogP contribution in [0.25, 0.3) is 0 Å². The molecule has 7 heteroatoms. The molecule has 1 saturated heterocycles. The highest BCUT2D eigenvalue weighted by Gasteiger charge is 2.40. The van der Waals surface area contributed by atoms with Gasteiger partial charge in [0.15, 0.2) is 0 Å². The van der Waals surface area contributed by atoms with Crippen molar-refractivity contribution in [1.29, 1.82) is 0 Å². The number of hydrogen-bond donors (Lipinski definition) is 2. The summed E-state index contributed by atoms with van der Waals surface area (Å²) in [4.78, 5) is 25.1. The Kier molecular flexibility index (Phi) is 5.41. The summed E-state index contributed by atoms with van der Waals surface area (Å²) in [5.41, 5.74) is 0. The fourth-order valence-corrected chi connectivity index (χ4v) is 2.93. The van der Waals surface area contributed by atoms with E-state index in [1.54, 1.807) is 4.90 Å². The Balaban J connectivity index is 1.86. The number of hydrogen-bond acceptors (Lipinski definition) is 4. The van der Waals surface area contributed by atoms with Gasteiger partial charge in [-0.3, -0.25) is 4.79 Å². The Morgan fingerprint density at radius 2 is 2.05 bits per heavy atom. The summed E-state index contributed by atoms with van der Waals surface area (Å²) in [5, 5.41) is 12.1. The van der Waals surface area contributed by atoms with Crippen molar-refractivity contribution < 1.29 is 24.2 Å². The first-order valence-electron chi connectivity index (χ1n) is 7.56. The van der Waals surface area contributed by atoms with Crippen molar-refractivity contribution in [2.75, 3.05) is 26.4 Å². The number of rotatable bonds is 6. The van der Waals surface area contributed by atoms with Crippen LogP contribution in [0, 0.1) is 5.92 Å². The molecule has 0 aromatic carbocycles. The molecule has 1 aliphatic heterocycles. The maximum atomic E-state index is 12.3. The highest BCUT2D eigenvalue weighted by atomic mass is 16.5. The molecule has 2 fully saturated rings. The second-order valence-corrected chi connectivity index (χ2v) is 5.53. The number of ether oxygens (including phenoxy) is 2. The van der Waals surface area contributed by atoms with Crippen LogP contribution in [0.2, 0.25) is 0 Å². The summed E-state index contributed by atoms with van der Waals surface area (Å²) in [6, 6.07) is -0.483. The average Bonchev–Trinajstić information content (AvgIpc) is 2.86. The van der Waals surface area contributed by atoms with Crippen LogP contribution in [0.15, 0.2) is 0 Å². The van der Waals surface area contributed by atoms with E-state index in [1.807, 2.05) is 13.8 Å². The number of urea groups is 1. The van der Waals surface area contributed by atoms with Crippen LogP contribution in [-0.4, -0.2) is 66.6 Å². The summed E-state index contributed by atoms with van der Waals surface area (Å²) in [6.07, 6.45) is 1.87. The van der Waals surface area contributed by atoms with Crippen LogP contribution in [0.1, 0.15) is 26.7 Å². The highest BCUT2D eigenvalue weighted by Crippen LogP contribution is 2.25. The predicted molar refractivity (Wildman–Crippen MR) is 75.1 cm³/mol. The molecule has 0 aromatic heterocycles. The van der Waals surface area contributed by atoms with Crippen molar-refractivity contribution in [2.45, 2.75) is 44.9 Å². The summed E-state index contributed by atoms with van der Waals surface area (Å²) in [6.45, 7) is 5.40. The van der Waals surface area contributed by atoms with Crippen molar-refractivity contribution >= 4 is 12.0 Å². The third kappa shape index (κ3) is 3.65. The first-order valence-corrected chi connectivity index (χ1v) is 7.56. The zero-order chi connectivity index (χ0) is 15.4. The van der Waals surface area contributed by atoms with E-state index in [0.717, 1.165) is 12.8 Å². The van der Waals surface area contributed by atoms with E-state index in [0.29, 0.717) is 13.2 Å². The number of carbonyl (C=O) groups is 2. The SMILES string of the molecule is CCOC1CC(NC(=O)N(CC)C2COCC2C(=O)O)C1. The summed E-state index contributed by atoms with van der Waals surface area (Å²) >= 11 is 0. The van der Waals surface area contributed by atoms with Crippen molar-refractivity contribution in [3.05, 3.63) is 0 Å². The third-order valence-corrected chi connectivity index (χ3v) is 4.19. The first kappa shape index (κ1) is 16.0. The number of carbonyl (C=O) groups excluding carboxylic acids is 1. The molecular weight excluding hydrogens is 276 g/mol. The molecule has 0 spiro atoms. The minimum Gasteiger partial charge on any atom is -0.481 e. The molecule has 2 rings (SSSR count). The van der Waals surface area contributed by atoms with Gasteiger partial charge < -0.3 is 24.8 Å². The van der Waals surface area contributed by atoms with Crippen molar-refractivity contribution in [2.24, 2.45) is 5.92 Å². The average molecular weight is 300 g/mol. The molecule has 2 aliphatic rings. The molecule has 2 amide bonds. The standard InChI is InChI=1S/C14H24N2O5/c1-3-16(12-8-20-7-11(12)13(17)18)14(19)15-9-5-10(6-9)21-4-2/h9-12H,3-8H2,1-2H3,(H,15,19)(H,17,18). The predicted octanol–water partition coefficient (Wildman–Crippen LogP) is 0.685. The molecule has 7 nitrogen and oxygen atoms in total. The molecule has 2 N–H and O–H groups in total. The van der Waals surface area contributed by atoms with E-state index < -0.39 is 17.9 Å². The smallest absolute Gasteiger partial charge is 0.317 e. The summed E-state index contributed by atoms with van der Waals surface area (Å²) in [7, 11) is 0. The van der Waals surface area contributed by atoms with Crippen LogP contribution in [0.3, 0.4) is 0 Å². The van der Waals surface area contributed by atoms with Crippen molar-refractivity contribution in [3.8, 4) is 0 Å². The highest BCUT2D eigenvalue weighted by molar-refractivity contribution is 5.77. The Bertz CT molecular complexity index is 384. The lowest BCUT2D eigenvalue weighted by Gasteiger charge is -2.38. The molecule has 1 heterocycles. The number of nitrogens with zero attached hydrogens (tertiary/aromatic N) is 1. The van der Waals surface area contributed by atoms with E-state index in [1.165, 1.54) is 0 Å². The number of amides is 2. The van der Waals surface area contributed by atoms with Gasteiger partial charge in [0.2, 0.25) is 0 Å². The second kappa shape index (κ2) is 7.09. The van der Waals surface area contributed by atoms with Crippen molar-refractivity contribution in [1.82, 2.24) is 10.2 Å². The Labute approximate surface area is 124 Å². The van der Waals surface area contributed by atoms with E-state index in [4.69, 9.17) is 9.47 Å². The molecule has 1 aliphatic carbocycles. The maximum Gasteiger partial charge on any atom is 0.317 e. The van der Waals surface area contributed by atoms with E-state index in [2.05, 4.69) is 5.32 Å². The molecule has 0 aromatic rings. The molecule has 0 radical (unpaired) electrons. The quantitative estimate of drug-likeness (QED) is 0.753. The lowest BCUT2D eigenvalue weighted by Crippen LogP contribution is -2.56. The summed E-state index contributed by atoms with van der Waals surface area (Å²) < 4.78 is 10.7. The Morgan fingerprint density at radius 3 is 2.62 bits per heavy atom. The van der Waals surface area contributed by atoms with Gasteiger partial charge in [-0.2, -0.15) is 0 Å². The molecule has 2 atom stereocenters. The zero-order valence-corrected chi connectivity index (χ0v) is 12.6. The van der Waals surface area contributed by atoms with E-state index in [9.17, 15) is 14.7 Å². The second-order valence-electron chi connectivity index (χ2n) is 5.53. The van der Waals surface area contributed by atoms with Gasteiger partial charge >= 0.3 is 12.0 Å². The number of nitrogens with one attached hydrogen (secondary N) is 1. The lowest BCUT2D eigenvalue weighted by molar-refractivity contribution is -0.142. The van der Waals surface area contributed by atoms with E-state index >= 15 is 0 Å². The van der Waals surface area contributed by atoms with Gasteiger partial charge in [0, 0.05) is 19.2 Å². The normalized spacial score (nSPS) is 31.5. The van der Waals surface area contributed by atoms with Gasteiger partial charge in [0.05, 0.1) is 25.4 Å². The largest absolute Gasteiger partial charge is 0.481 e. The monoisotopic (exact) mass is 300 g/mol. The Morgan fingerprint density at radius 1 is 1.33 bits per heavy atom. The minimum absolute atomic E-state index is 0.119. The number of likely N-dealkylation sites (N-methyl/N-ethyl adjacent to an activating group) is 1. The molecule has 120 valence electrons. The van der Waals surface area contributed by atoms with Gasteiger partial charge in [0.1, 0.15) is 5.92 Å². The van der Waals surface area contributed by atoms with Crippen LogP contribution in [0.5, 0.6) is 0 Å². The van der Waals surface area contributed by atoms with Gasteiger partial charge in [-0.1, -0.05) is 0 Å². The van der Waals surface area contributed by atoms with Gasteiger partial charge in [0.25, 0.3) is 0 Å². The van der Waals surface area contributed by atoms with Crippen LogP contribution < -0.4 is 5.32 Å². The van der Waals surface area contributed by atoms with Gasteiger partial charge in [-0.05, 0) is 26.7 Å². The fourth-order valence-electron chi connectivity index (χ4n) is 2.93. The van der Waals surface area contributed by atoms with E-state index in [-0.39, 0.29) is 31.4 Å². The molecule has 1 saturated carbocycles. The lowest BCUT2D eigenvalue weighted by atomic mass is 9.89. The zero-order valence-electron chi connectivity index (χ0n) is 12.6.